The molecule has 0 amide bonds. The minimum absolute atomic E-state index is 0.0174. The first-order chi connectivity index (χ1) is 7.12. The highest BCUT2D eigenvalue weighted by atomic mass is 32.2. The molecule has 0 fully saturated rings. The van der Waals surface area contributed by atoms with Crippen LogP contribution in [0.25, 0.3) is 0 Å². The highest BCUT2D eigenvalue weighted by Gasteiger charge is 2.05. The molecule has 0 aliphatic carbocycles. The van der Waals surface area contributed by atoms with E-state index in [1.54, 1.807) is 6.92 Å². The zero-order valence-corrected chi connectivity index (χ0v) is 10.5. The molecule has 5 heteroatoms. The smallest absolute Gasteiger partial charge is 0.267 e. The van der Waals surface area contributed by atoms with Gasteiger partial charge in [-0.2, -0.15) is 8.42 Å². The van der Waals surface area contributed by atoms with Gasteiger partial charge in [-0.1, -0.05) is 26.2 Å². The first-order valence-electron chi connectivity index (χ1n) is 5.57. The summed E-state index contributed by atoms with van der Waals surface area (Å²) in [6.45, 7) is 4.89. The number of unbranched alkanes of at least 4 members (excludes halogenated alkanes) is 3. The molecule has 0 aromatic carbocycles. The van der Waals surface area contributed by atoms with E-state index in [2.05, 4.69) is 11.1 Å². The summed E-state index contributed by atoms with van der Waals surface area (Å²) < 4.78 is 31.7. The van der Waals surface area contributed by atoms with Crippen molar-refractivity contribution in [1.29, 1.82) is 0 Å². The van der Waals surface area contributed by atoms with Crippen LogP contribution >= 0.6 is 0 Å². The molecule has 0 radical (unpaired) electrons. The number of ether oxygens (including phenoxy) is 1. The third-order valence-electron chi connectivity index (χ3n) is 1.99. The summed E-state index contributed by atoms with van der Waals surface area (Å²) >= 11 is 0. The molecule has 0 saturated carbocycles. The average molecular weight is 238 g/mol. The van der Waals surface area contributed by atoms with Crippen LogP contribution in [0.2, 0.25) is 0 Å². The molecule has 0 N–H and O–H groups in total. The highest BCUT2D eigenvalue weighted by Crippen LogP contribution is 1.99. The van der Waals surface area contributed by atoms with E-state index in [-0.39, 0.29) is 12.4 Å². The molecule has 0 aliphatic heterocycles. The van der Waals surface area contributed by atoms with Gasteiger partial charge in [-0.15, -0.1) is 0 Å². The van der Waals surface area contributed by atoms with E-state index in [1.165, 1.54) is 19.3 Å². The molecular formula is C10H22O4S. The van der Waals surface area contributed by atoms with Gasteiger partial charge in [0.15, 0.2) is 0 Å². The molecule has 0 spiro atoms. The van der Waals surface area contributed by atoms with Gasteiger partial charge >= 0.3 is 0 Å². The van der Waals surface area contributed by atoms with Crippen LogP contribution in [0.3, 0.4) is 0 Å². The van der Waals surface area contributed by atoms with Crippen LogP contribution in [-0.4, -0.2) is 34.0 Å². The van der Waals surface area contributed by atoms with Crippen LogP contribution in [0.1, 0.15) is 39.5 Å². The first kappa shape index (κ1) is 14.9. The van der Waals surface area contributed by atoms with Gasteiger partial charge in [0.1, 0.15) is 0 Å². The van der Waals surface area contributed by atoms with Gasteiger partial charge in [-0.25, -0.2) is 0 Å². The van der Waals surface area contributed by atoms with Crippen LogP contribution in [0.15, 0.2) is 0 Å². The average Bonchev–Trinajstić information content (AvgIpc) is 2.22. The van der Waals surface area contributed by atoms with Crippen LogP contribution in [0.5, 0.6) is 0 Å². The van der Waals surface area contributed by atoms with Crippen LogP contribution < -0.4 is 0 Å². The van der Waals surface area contributed by atoms with E-state index in [0.29, 0.717) is 13.2 Å². The van der Waals surface area contributed by atoms with Crippen molar-refractivity contribution in [3.05, 3.63) is 0 Å². The Hall–Kier alpha value is -0.130. The van der Waals surface area contributed by atoms with Crippen molar-refractivity contribution in [2.24, 2.45) is 0 Å². The molecule has 0 aromatic rings. The van der Waals surface area contributed by atoms with Crippen molar-refractivity contribution >= 4 is 10.1 Å². The van der Waals surface area contributed by atoms with Crippen LogP contribution in [-0.2, 0) is 19.0 Å². The molecule has 4 nitrogen and oxygen atoms in total. The third-order valence-corrected chi connectivity index (χ3v) is 3.22. The maximum Gasteiger partial charge on any atom is 0.267 e. The standard InChI is InChI=1S/C10H22O4S/c1-3-5-6-7-8-13-9-10-14-15(11,12)4-2/h3-10H2,1-2H3. The predicted molar refractivity (Wildman–Crippen MR) is 60.4 cm³/mol. The Balaban J connectivity index is 3.19. The quantitative estimate of drug-likeness (QED) is 0.431. The minimum atomic E-state index is -3.30. The summed E-state index contributed by atoms with van der Waals surface area (Å²) in [6, 6.07) is 0. The second-order valence-electron chi connectivity index (χ2n) is 3.34. The summed E-state index contributed by atoms with van der Waals surface area (Å²) in [4.78, 5) is 0. The Morgan fingerprint density at radius 2 is 1.67 bits per heavy atom. The highest BCUT2D eigenvalue weighted by molar-refractivity contribution is 7.86. The van der Waals surface area contributed by atoms with Gasteiger partial charge in [0, 0.05) is 6.61 Å². The molecule has 0 aromatic heterocycles. The van der Waals surface area contributed by atoms with Gasteiger partial charge in [0.25, 0.3) is 10.1 Å². The number of hydrogen-bond acceptors (Lipinski definition) is 4. The lowest BCUT2D eigenvalue weighted by molar-refractivity contribution is 0.0991. The molecule has 15 heavy (non-hydrogen) atoms. The van der Waals surface area contributed by atoms with Crippen molar-refractivity contribution < 1.29 is 17.3 Å². The van der Waals surface area contributed by atoms with Gasteiger partial charge in [0.2, 0.25) is 0 Å². The second kappa shape index (κ2) is 9.12. The molecule has 92 valence electrons. The number of rotatable bonds is 10. The van der Waals surface area contributed by atoms with E-state index in [9.17, 15) is 8.42 Å². The second-order valence-corrected chi connectivity index (χ2v) is 5.27. The first-order valence-corrected chi connectivity index (χ1v) is 7.15. The predicted octanol–water partition coefficient (Wildman–Crippen LogP) is 1.95. The summed E-state index contributed by atoms with van der Waals surface area (Å²) in [5.41, 5.74) is 0. The van der Waals surface area contributed by atoms with Crippen molar-refractivity contribution in [2.75, 3.05) is 25.6 Å². The minimum Gasteiger partial charge on any atom is -0.379 e. The SMILES string of the molecule is CCCCCCOCCOS(=O)(=O)CC. The number of hydrogen-bond donors (Lipinski definition) is 0. The van der Waals surface area contributed by atoms with Crippen molar-refractivity contribution in [2.45, 2.75) is 39.5 Å². The Kier molecular flexibility index (Phi) is 9.04. The van der Waals surface area contributed by atoms with Crippen molar-refractivity contribution in [3.63, 3.8) is 0 Å². The lowest BCUT2D eigenvalue weighted by Gasteiger charge is -2.04. The normalized spacial score (nSPS) is 11.9. The van der Waals surface area contributed by atoms with Gasteiger partial charge in [-0.05, 0) is 13.3 Å². The zero-order valence-electron chi connectivity index (χ0n) is 9.70. The molecule has 0 saturated heterocycles. The topological polar surface area (TPSA) is 52.6 Å². The van der Waals surface area contributed by atoms with E-state index in [0.717, 1.165) is 6.42 Å². The Morgan fingerprint density at radius 1 is 0.933 bits per heavy atom. The van der Waals surface area contributed by atoms with Crippen LogP contribution in [0.4, 0.5) is 0 Å². The van der Waals surface area contributed by atoms with E-state index >= 15 is 0 Å². The molecule has 0 bridgehead atoms. The maximum absolute atomic E-state index is 10.9. The van der Waals surface area contributed by atoms with Gasteiger partial charge in [-0.3, -0.25) is 4.18 Å². The van der Waals surface area contributed by atoms with Crippen LogP contribution in [0, 0.1) is 0 Å². The summed E-state index contributed by atoms with van der Waals surface area (Å²) in [7, 11) is -3.30. The third kappa shape index (κ3) is 10.2. The van der Waals surface area contributed by atoms with Crippen molar-refractivity contribution in [3.8, 4) is 0 Å². The lowest BCUT2D eigenvalue weighted by Crippen LogP contribution is -2.13. The molecule has 0 rings (SSSR count). The fourth-order valence-corrected chi connectivity index (χ4v) is 1.52. The fraction of sp³-hybridized carbons (Fsp3) is 1.00. The van der Waals surface area contributed by atoms with Gasteiger partial charge in [0.05, 0.1) is 19.0 Å². The summed E-state index contributed by atoms with van der Waals surface area (Å²) in [5, 5.41) is 0. The fourth-order valence-electron chi connectivity index (χ4n) is 1.04. The van der Waals surface area contributed by atoms with Gasteiger partial charge < -0.3 is 4.74 Å². The molecular weight excluding hydrogens is 216 g/mol. The zero-order chi connectivity index (χ0) is 11.6. The molecule has 0 aliphatic rings. The molecule has 0 atom stereocenters. The van der Waals surface area contributed by atoms with E-state index in [4.69, 9.17) is 4.74 Å². The summed E-state index contributed by atoms with van der Waals surface area (Å²) in [6.07, 6.45) is 4.64. The largest absolute Gasteiger partial charge is 0.379 e. The Morgan fingerprint density at radius 3 is 2.27 bits per heavy atom. The Bertz CT molecular complexity index is 224. The van der Waals surface area contributed by atoms with Crippen molar-refractivity contribution in [1.82, 2.24) is 0 Å². The maximum atomic E-state index is 10.9. The molecule has 0 unspecified atom stereocenters. The molecule has 0 heterocycles. The summed E-state index contributed by atoms with van der Waals surface area (Å²) in [5.74, 6) is 0.0174. The lowest BCUT2D eigenvalue weighted by atomic mass is 10.2. The van der Waals surface area contributed by atoms with E-state index in [1.807, 2.05) is 0 Å². The monoisotopic (exact) mass is 238 g/mol. The van der Waals surface area contributed by atoms with E-state index < -0.39 is 10.1 Å². The Labute approximate surface area is 93.1 Å².